The molecule has 0 atom stereocenters. The van der Waals surface area contributed by atoms with Crippen molar-refractivity contribution in [1.82, 2.24) is 10.4 Å². The largest absolute Gasteiger partial charge is 0.494 e. The monoisotopic (exact) mass is 269 g/mol. The van der Waals surface area contributed by atoms with E-state index in [4.69, 9.17) is 4.74 Å². The summed E-state index contributed by atoms with van der Waals surface area (Å²) in [6, 6.07) is 10.7. The van der Waals surface area contributed by atoms with Crippen LogP contribution < -0.4 is 10.2 Å². The van der Waals surface area contributed by atoms with Crippen LogP contribution in [-0.2, 0) is 0 Å². The van der Waals surface area contributed by atoms with Gasteiger partial charge < -0.3 is 4.74 Å². The molecule has 0 unspecified atom stereocenters. The first-order valence-corrected chi connectivity index (χ1v) is 6.26. The van der Waals surface area contributed by atoms with Crippen molar-refractivity contribution in [2.45, 2.75) is 6.92 Å². The van der Waals surface area contributed by atoms with Crippen LogP contribution in [-0.4, -0.2) is 23.7 Å². The minimum absolute atomic E-state index is 0.274. The Morgan fingerprint density at radius 1 is 1.35 bits per heavy atom. The van der Waals surface area contributed by atoms with Crippen molar-refractivity contribution in [2.75, 3.05) is 6.61 Å². The number of benzene rings is 1. The van der Waals surface area contributed by atoms with Crippen LogP contribution in [0.4, 0.5) is 0 Å². The number of rotatable bonds is 5. The fourth-order valence-corrected chi connectivity index (χ4v) is 1.58. The standard InChI is InChI=1S/C15H15N3O2/c1-2-20-14-5-3-4-12(10-14)11-17-18-15(19)13-6-8-16-9-7-13/h3-11H,2H2,1H3,(H,18,19)/b17-11-. The Kier molecular flexibility index (Phi) is 4.83. The van der Waals surface area contributed by atoms with Gasteiger partial charge in [0.2, 0.25) is 0 Å². The fourth-order valence-electron chi connectivity index (χ4n) is 1.58. The molecule has 1 heterocycles. The lowest BCUT2D eigenvalue weighted by Crippen LogP contribution is -2.17. The first-order valence-electron chi connectivity index (χ1n) is 6.26. The maximum atomic E-state index is 11.7. The maximum Gasteiger partial charge on any atom is 0.271 e. The highest BCUT2D eigenvalue weighted by Crippen LogP contribution is 2.11. The van der Waals surface area contributed by atoms with Crippen LogP contribution in [0.1, 0.15) is 22.8 Å². The Labute approximate surface area is 117 Å². The van der Waals surface area contributed by atoms with Gasteiger partial charge in [0, 0.05) is 18.0 Å². The van der Waals surface area contributed by atoms with Gasteiger partial charge in [0.1, 0.15) is 5.75 Å². The summed E-state index contributed by atoms with van der Waals surface area (Å²) in [6.07, 6.45) is 4.69. The number of nitrogens with one attached hydrogen (secondary N) is 1. The molecule has 2 rings (SSSR count). The van der Waals surface area contributed by atoms with Crippen molar-refractivity contribution < 1.29 is 9.53 Å². The third-order valence-electron chi connectivity index (χ3n) is 2.49. The van der Waals surface area contributed by atoms with Gasteiger partial charge in [-0.3, -0.25) is 9.78 Å². The predicted molar refractivity (Wildman–Crippen MR) is 76.9 cm³/mol. The number of ether oxygens (including phenoxy) is 1. The highest BCUT2D eigenvalue weighted by Gasteiger charge is 2.01. The fraction of sp³-hybridized carbons (Fsp3) is 0.133. The number of hydrogen-bond donors (Lipinski definition) is 1. The number of nitrogens with zero attached hydrogens (tertiary/aromatic N) is 2. The summed E-state index contributed by atoms with van der Waals surface area (Å²) in [7, 11) is 0. The highest BCUT2D eigenvalue weighted by atomic mass is 16.5. The molecule has 0 spiro atoms. The molecule has 5 heteroatoms. The van der Waals surface area contributed by atoms with E-state index in [2.05, 4.69) is 15.5 Å². The molecule has 1 N–H and O–H groups in total. The van der Waals surface area contributed by atoms with Crippen LogP contribution in [0.15, 0.2) is 53.9 Å². The molecule has 0 saturated carbocycles. The summed E-state index contributed by atoms with van der Waals surface area (Å²) in [5, 5.41) is 3.92. The number of carbonyl (C=O) groups is 1. The number of carbonyl (C=O) groups excluding carboxylic acids is 1. The molecule has 0 fully saturated rings. The Bertz CT molecular complexity index is 597. The van der Waals surface area contributed by atoms with Crippen LogP contribution in [0, 0.1) is 0 Å². The molecule has 0 saturated heterocycles. The summed E-state index contributed by atoms with van der Waals surface area (Å²) in [4.78, 5) is 15.6. The van der Waals surface area contributed by atoms with E-state index in [1.807, 2.05) is 31.2 Å². The van der Waals surface area contributed by atoms with E-state index in [9.17, 15) is 4.79 Å². The van der Waals surface area contributed by atoms with E-state index >= 15 is 0 Å². The third kappa shape index (κ3) is 3.91. The van der Waals surface area contributed by atoms with E-state index in [1.165, 1.54) is 0 Å². The zero-order valence-corrected chi connectivity index (χ0v) is 11.1. The lowest BCUT2D eigenvalue weighted by atomic mass is 10.2. The van der Waals surface area contributed by atoms with Gasteiger partial charge in [-0.25, -0.2) is 5.43 Å². The van der Waals surface area contributed by atoms with Gasteiger partial charge >= 0.3 is 0 Å². The predicted octanol–water partition coefficient (Wildman–Crippen LogP) is 2.24. The molecular formula is C15H15N3O2. The Hall–Kier alpha value is -2.69. The van der Waals surface area contributed by atoms with Gasteiger partial charge in [-0.2, -0.15) is 5.10 Å². The summed E-state index contributed by atoms with van der Waals surface area (Å²) in [5.74, 6) is 0.501. The van der Waals surface area contributed by atoms with Crippen molar-refractivity contribution in [1.29, 1.82) is 0 Å². The van der Waals surface area contributed by atoms with Crippen molar-refractivity contribution in [3.05, 3.63) is 59.9 Å². The number of aromatic nitrogens is 1. The van der Waals surface area contributed by atoms with E-state index in [0.29, 0.717) is 12.2 Å². The minimum Gasteiger partial charge on any atom is -0.494 e. The molecule has 102 valence electrons. The number of pyridine rings is 1. The number of hydrazone groups is 1. The van der Waals surface area contributed by atoms with Gasteiger partial charge in [-0.15, -0.1) is 0 Å². The van der Waals surface area contributed by atoms with Gasteiger partial charge in [-0.1, -0.05) is 12.1 Å². The lowest BCUT2D eigenvalue weighted by molar-refractivity contribution is 0.0955. The summed E-state index contributed by atoms with van der Waals surface area (Å²) in [6.45, 7) is 2.54. The van der Waals surface area contributed by atoms with Gasteiger partial charge in [0.05, 0.1) is 12.8 Å². The first kappa shape index (κ1) is 13.7. The zero-order chi connectivity index (χ0) is 14.2. The molecule has 1 aromatic heterocycles. The molecule has 1 aromatic carbocycles. The summed E-state index contributed by atoms with van der Waals surface area (Å²) < 4.78 is 5.39. The average molecular weight is 269 g/mol. The molecule has 0 bridgehead atoms. The molecular weight excluding hydrogens is 254 g/mol. The minimum atomic E-state index is -0.274. The Morgan fingerprint density at radius 3 is 2.90 bits per heavy atom. The third-order valence-corrected chi connectivity index (χ3v) is 2.49. The van der Waals surface area contributed by atoms with Crippen molar-refractivity contribution in [3.63, 3.8) is 0 Å². The maximum absolute atomic E-state index is 11.7. The molecule has 0 radical (unpaired) electrons. The van der Waals surface area contributed by atoms with Crippen LogP contribution in [0.3, 0.4) is 0 Å². The van der Waals surface area contributed by atoms with Crippen molar-refractivity contribution in [2.24, 2.45) is 5.10 Å². The molecule has 1 amide bonds. The highest BCUT2D eigenvalue weighted by molar-refractivity contribution is 5.94. The smallest absolute Gasteiger partial charge is 0.271 e. The Balaban J connectivity index is 1.96. The van der Waals surface area contributed by atoms with Crippen molar-refractivity contribution >= 4 is 12.1 Å². The van der Waals surface area contributed by atoms with Crippen LogP contribution in [0.5, 0.6) is 5.75 Å². The normalized spacial score (nSPS) is 10.4. The SMILES string of the molecule is CCOc1cccc(/C=N\NC(=O)c2ccncc2)c1. The summed E-state index contributed by atoms with van der Waals surface area (Å²) >= 11 is 0. The second-order valence-corrected chi connectivity index (χ2v) is 3.94. The zero-order valence-electron chi connectivity index (χ0n) is 11.1. The second-order valence-electron chi connectivity index (χ2n) is 3.94. The topological polar surface area (TPSA) is 63.6 Å². The van der Waals surface area contributed by atoms with Gasteiger partial charge in [0.25, 0.3) is 5.91 Å². The first-order chi connectivity index (χ1) is 9.79. The Morgan fingerprint density at radius 2 is 2.15 bits per heavy atom. The van der Waals surface area contributed by atoms with Crippen LogP contribution in [0.25, 0.3) is 0 Å². The van der Waals surface area contributed by atoms with E-state index < -0.39 is 0 Å². The van der Waals surface area contributed by atoms with Crippen LogP contribution >= 0.6 is 0 Å². The van der Waals surface area contributed by atoms with Gasteiger partial charge in [0.15, 0.2) is 0 Å². The molecule has 20 heavy (non-hydrogen) atoms. The summed E-state index contributed by atoms with van der Waals surface area (Å²) in [5.41, 5.74) is 3.83. The average Bonchev–Trinajstić information content (AvgIpc) is 2.49. The molecule has 0 aliphatic carbocycles. The molecule has 0 aliphatic heterocycles. The molecule has 0 aliphatic rings. The molecule has 2 aromatic rings. The van der Waals surface area contributed by atoms with Crippen LogP contribution in [0.2, 0.25) is 0 Å². The number of amides is 1. The van der Waals surface area contributed by atoms with E-state index in [-0.39, 0.29) is 5.91 Å². The van der Waals surface area contributed by atoms with Crippen molar-refractivity contribution in [3.8, 4) is 5.75 Å². The van der Waals surface area contributed by atoms with Gasteiger partial charge in [-0.05, 0) is 36.8 Å². The second kappa shape index (κ2) is 7.04. The molecule has 5 nitrogen and oxygen atoms in total. The lowest BCUT2D eigenvalue weighted by Gasteiger charge is -2.03. The quantitative estimate of drug-likeness (QED) is 0.669. The van der Waals surface area contributed by atoms with E-state index in [0.717, 1.165) is 11.3 Å². The number of hydrogen-bond acceptors (Lipinski definition) is 4. The van der Waals surface area contributed by atoms with E-state index in [1.54, 1.807) is 30.7 Å².